The Morgan fingerprint density at radius 1 is 1.05 bits per heavy atom. The van der Waals surface area contributed by atoms with E-state index in [4.69, 9.17) is 9.47 Å². The second-order valence-corrected chi connectivity index (χ2v) is 14.3. The summed E-state index contributed by atoms with van der Waals surface area (Å²) >= 11 is 0. The van der Waals surface area contributed by atoms with Crippen LogP contribution in [0.3, 0.4) is 0 Å². The molecule has 0 amide bonds. The Kier molecular flexibility index (Phi) is 8.90. The van der Waals surface area contributed by atoms with E-state index in [1.165, 1.54) is 46.0 Å². The minimum absolute atomic E-state index is 0.236. The van der Waals surface area contributed by atoms with Crippen LogP contribution in [0.4, 0.5) is 0 Å². The number of quaternary nitrogens is 1. The normalized spacial score (nSPS) is 42.3. The smallest absolute Gasteiger partial charge is 0.303 e. The Balaban J connectivity index is 1.68. The largest absolute Gasteiger partial charge is 0.572 e. The second-order valence-electron chi connectivity index (χ2n) is 14.3. The first kappa shape index (κ1) is 30.4. The van der Waals surface area contributed by atoms with Crippen molar-refractivity contribution in [2.75, 3.05) is 0 Å². The maximum atomic E-state index is 12.6. The highest BCUT2D eigenvalue weighted by atomic mass is 16.8. The Labute approximate surface area is 234 Å². The van der Waals surface area contributed by atoms with Gasteiger partial charge in [-0.25, -0.2) is 0 Å². The van der Waals surface area contributed by atoms with Crippen molar-refractivity contribution in [3.8, 4) is 0 Å². The highest BCUT2D eigenvalue weighted by Gasteiger charge is 2.69. The molecule has 0 heterocycles. The number of rotatable bonds is 8. The summed E-state index contributed by atoms with van der Waals surface area (Å²) in [5.74, 6) is 2.40. The summed E-state index contributed by atoms with van der Waals surface area (Å²) in [4.78, 5) is 24.4. The summed E-state index contributed by atoms with van der Waals surface area (Å²) in [6.07, 6.45) is 10.2. The molecule has 1 unspecified atom stereocenters. The van der Waals surface area contributed by atoms with Crippen LogP contribution in [0.25, 0.3) is 0 Å². The van der Waals surface area contributed by atoms with Gasteiger partial charge in [0.1, 0.15) is 11.8 Å². The topological polar surface area (TPSA) is 113 Å². The number of carbonyl (C=O) groups excluding carboxylic acids is 2. The number of ether oxygens (including phenoxy) is 2. The van der Waals surface area contributed by atoms with Gasteiger partial charge in [-0.3, -0.25) is 9.59 Å². The van der Waals surface area contributed by atoms with Gasteiger partial charge in [-0.1, -0.05) is 59.0 Å². The Bertz CT molecular complexity index is 951. The van der Waals surface area contributed by atoms with Crippen molar-refractivity contribution in [2.24, 2.45) is 51.4 Å². The van der Waals surface area contributed by atoms with Crippen LogP contribution in [0.2, 0.25) is 0 Å². The Morgan fingerprint density at radius 2 is 1.77 bits per heavy atom. The van der Waals surface area contributed by atoms with E-state index in [0.29, 0.717) is 54.6 Å². The molecule has 4 aliphatic rings. The molecule has 0 bridgehead atoms. The van der Waals surface area contributed by atoms with E-state index in [1.54, 1.807) is 0 Å². The summed E-state index contributed by atoms with van der Waals surface area (Å²) in [5.41, 5.74) is -0.940. The molecule has 0 aromatic carbocycles. The molecule has 4 aliphatic carbocycles. The SMILES string of the molecule is CC(=O)O[C@H]1CC[C@]2(C)[C@@H]3CC[C@@]4(C)[C@H](CC[C@H]4[C@H](C)CCCC(C)C)[C@@H]3C/C(=N\[NH+]([O-])O)[C@@]2(OC(C)=O)C1. The monoisotopic (exact) mass is 548 g/mol. The van der Waals surface area contributed by atoms with E-state index < -0.39 is 28.4 Å². The highest BCUT2D eigenvalue weighted by Crippen LogP contribution is 2.69. The number of fused-ring (bicyclic) bond motifs is 5. The molecule has 222 valence electrons. The molecule has 8 heteroatoms. The number of carbonyl (C=O) groups is 2. The van der Waals surface area contributed by atoms with Gasteiger partial charge in [0.05, 0.1) is 0 Å². The fourth-order valence-electron chi connectivity index (χ4n) is 10.1. The fourth-order valence-corrected chi connectivity index (χ4v) is 10.1. The van der Waals surface area contributed by atoms with E-state index >= 15 is 0 Å². The van der Waals surface area contributed by atoms with Crippen molar-refractivity contribution in [1.82, 2.24) is 0 Å². The summed E-state index contributed by atoms with van der Waals surface area (Å²) in [5, 5.41) is 24.8. The van der Waals surface area contributed by atoms with Crippen molar-refractivity contribution in [3.63, 3.8) is 0 Å². The van der Waals surface area contributed by atoms with Crippen LogP contribution in [-0.2, 0) is 19.1 Å². The molecular formula is C31H52N2O6. The zero-order chi connectivity index (χ0) is 28.8. The van der Waals surface area contributed by atoms with E-state index in [1.807, 2.05) is 0 Å². The van der Waals surface area contributed by atoms with E-state index in [0.717, 1.165) is 18.8 Å². The molecule has 4 fully saturated rings. The van der Waals surface area contributed by atoms with Gasteiger partial charge in [-0.05, 0) is 85.9 Å². The van der Waals surface area contributed by atoms with E-state index in [-0.39, 0.29) is 17.8 Å². The lowest BCUT2D eigenvalue weighted by atomic mass is 9.42. The van der Waals surface area contributed by atoms with Gasteiger partial charge >= 0.3 is 11.9 Å². The van der Waals surface area contributed by atoms with Crippen molar-refractivity contribution >= 4 is 17.7 Å². The predicted molar refractivity (Wildman–Crippen MR) is 149 cm³/mol. The fraction of sp³-hybridized carbons (Fsp3) is 0.903. The van der Waals surface area contributed by atoms with Crippen molar-refractivity contribution in [1.29, 1.82) is 0 Å². The van der Waals surface area contributed by atoms with Crippen LogP contribution >= 0.6 is 0 Å². The third-order valence-electron chi connectivity index (χ3n) is 11.7. The Morgan fingerprint density at radius 3 is 2.38 bits per heavy atom. The molecule has 0 aromatic rings. The van der Waals surface area contributed by atoms with Gasteiger partial charge < -0.3 is 14.7 Å². The molecule has 0 aliphatic heterocycles. The van der Waals surface area contributed by atoms with Crippen LogP contribution in [0, 0.1) is 51.5 Å². The molecule has 10 atom stereocenters. The lowest BCUT2D eigenvalue weighted by Gasteiger charge is -2.64. The van der Waals surface area contributed by atoms with Gasteiger partial charge in [-0.15, -0.1) is 5.34 Å². The third kappa shape index (κ3) is 5.54. The number of esters is 2. The summed E-state index contributed by atoms with van der Waals surface area (Å²) in [6.45, 7) is 14.5. The number of nitrogens with zero attached hydrogens (tertiary/aromatic N) is 1. The molecule has 0 radical (unpaired) electrons. The molecule has 4 saturated carbocycles. The maximum Gasteiger partial charge on any atom is 0.303 e. The van der Waals surface area contributed by atoms with E-state index in [9.17, 15) is 20.0 Å². The number of hydrogen-bond donors (Lipinski definition) is 2. The van der Waals surface area contributed by atoms with Gasteiger partial charge in [0.15, 0.2) is 5.60 Å². The van der Waals surface area contributed by atoms with Gasteiger partial charge in [-0.2, -0.15) is 5.21 Å². The predicted octanol–water partition coefficient (Wildman–Crippen LogP) is 5.46. The molecule has 2 N–H and O–H groups in total. The molecular weight excluding hydrogens is 496 g/mol. The van der Waals surface area contributed by atoms with Gasteiger partial charge in [0.2, 0.25) is 0 Å². The van der Waals surface area contributed by atoms with Gasteiger partial charge in [0, 0.05) is 25.7 Å². The lowest BCUT2D eigenvalue weighted by Crippen LogP contribution is -3.00. The summed E-state index contributed by atoms with van der Waals surface area (Å²) < 4.78 is 11.8. The number of hydrogen-bond acceptors (Lipinski definition) is 7. The van der Waals surface area contributed by atoms with Gasteiger partial charge in [0.25, 0.3) is 0 Å². The first-order chi connectivity index (χ1) is 18.2. The minimum Gasteiger partial charge on any atom is -0.572 e. The van der Waals surface area contributed by atoms with Crippen molar-refractivity contribution in [3.05, 3.63) is 5.21 Å². The summed E-state index contributed by atoms with van der Waals surface area (Å²) in [6, 6.07) is 0. The zero-order valence-electron chi connectivity index (χ0n) is 25.3. The van der Waals surface area contributed by atoms with Crippen LogP contribution < -0.4 is 5.34 Å². The average molecular weight is 549 g/mol. The van der Waals surface area contributed by atoms with Crippen LogP contribution in [0.5, 0.6) is 0 Å². The zero-order valence-corrected chi connectivity index (χ0v) is 25.3. The first-order valence-corrected chi connectivity index (χ1v) is 15.4. The molecule has 0 spiro atoms. The molecule has 8 nitrogen and oxygen atoms in total. The van der Waals surface area contributed by atoms with Crippen molar-refractivity contribution < 1.29 is 29.6 Å². The maximum absolute atomic E-state index is 12.6. The molecule has 39 heavy (non-hydrogen) atoms. The van der Waals surface area contributed by atoms with Crippen molar-refractivity contribution in [2.45, 2.75) is 131 Å². The van der Waals surface area contributed by atoms with Crippen LogP contribution in [-0.4, -0.2) is 34.6 Å². The second kappa shape index (κ2) is 11.4. The minimum atomic E-state index is -1.26. The Hall–Kier alpha value is -1.51. The van der Waals surface area contributed by atoms with Crippen LogP contribution in [0.15, 0.2) is 5.10 Å². The standard InChI is InChI=1S/C31H52N2O6/c1-19(2)9-8-10-20(3)25-11-12-26-24-17-28(32-33(36)37)31(39-22(5)35)18-23(38-21(4)34)13-16-30(31,7)27(24)14-15-29(25,26)6/h19-20,23-27,33,36H,8-18H2,1-7H3/b32-28+/t20-,23+,24+,25+,26-,27-,29-,30-,31+/m1/s1. The first-order valence-electron chi connectivity index (χ1n) is 15.4. The lowest BCUT2D eigenvalue weighted by molar-refractivity contribution is -1.05. The third-order valence-corrected chi connectivity index (χ3v) is 11.7. The molecule has 4 rings (SSSR count). The molecule has 0 saturated heterocycles. The number of nitrogens with one attached hydrogen (secondary N) is 1. The molecule has 0 aromatic heterocycles. The quantitative estimate of drug-likeness (QED) is 0.308. The van der Waals surface area contributed by atoms with E-state index in [2.05, 4.69) is 39.7 Å². The summed E-state index contributed by atoms with van der Waals surface area (Å²) in [7, 11) is 0. The van der Waals surface area contributed by atoms with Crippen LogP contribution in [0.1, 0.15) is 119 Å². The average Bonchev–Trinajstić information content (AvgIpc) is 3.16. The highest BCUT2D eigenvalue weighted by molar-refractivity contribution is 5.96.